The lowest BCUT2D eigenvalue weighted by Crippen LogP contribution is -2.35. The standard InChI is InChI=1S/C6H10O4/c1-6(2,5(9)10)4(8)3-7/h7H,3H2,1-2H3,(H,9,10). The molecule has 4 heteroatoms. The van der Waals surface area contributed by atoms with Crippen LogP contribution in [-0.4, -0.2) is 28.6 Å². The molecule has 0 spiro atoms. The second-order valence-electron chi connectivity index (χ2n) is 2.51. The fourth-order valence-corrected chi connectivity index (χ4v) is 0.317. The van der Waals surface area contributed by atoms with E-state index in [1.165, 1.54) is 13.8 Å². The van der Waals surface area contributed by atoms with Crippen LogP contribution in [0.3, 0.4) is 0 Å². The van der Waals surface area contributed by atoms with Crippen LogP contribution >= 0.6 is 0 Å². The van der Waals surface area contributed by atoms with Gasteiger partial charge in [0.05, 0.1) is 0 Å². The van der Waals surface area contributed by atoms with E-state index in [9.17, 15) is 9.59 Å². The van der Waals surface area contributed by atoms with Gasteiger partial charge >= 0.3 is 5.97 Å². The zero-order valence-corrected chi connectivity index (χ0v) is 5.92. The molecule has 58 valence electrons. The van der Waals surface area contributed by atoms with Crippen molar-refractivity contribution in [2.24, 2.45) is 5.41 Å². The van der Waals surface area contributed by atoms with Crippen molar-refractivity contribution in [2.75, 3.05) is 6.61 Å². The summed E-state index contributed by atoms with van der Waals surface area (Å²) in [5.74, 6) is -1.90. The summed E-state index contributed by atoms with van der Waals surface area (Å²) in [6.07, 6.45) is 0. The van der Waals surface area contributed by atoms with Gasteiger partial charge in [-0.2, -0.15) is 0 Å². The van der Waals surface area contributed by atoms with Gasteiger partial charge in [-0.05, 0) is 13.8 Å². The van der Waals surface area contributed by atoms with Crippen LogP contribution in [0.5, 0.6) is 0 Å². The Balaban J connectivity index is 4.40. The quantitative estimate of drug-likeness (QED) is 0.534. The van der Waals surface area contributed by atoms with Crippen LogP contribution < -0.4 is 0 Å². The second-order valence-corrected chi connectivity index (χ2v) is 2.51. The van der Waals surface area contributed by atoms with Gasteiger partial charge in [-0.15, -0.1) is 0 Å². The molecule has 0 heterocycles. The summed E-state index contributed by atoms with van der Waals surface area (Å²) in [6, 6.07) is 0. The zero-order valence-electron chi connectivity index (χ0n) is 5.92. The van der Waals surface area contributed by atoms with E-state index < -0.39 is 23.8 Å². The van der Waals surface area contributed by atoms with E-state index in [-0.39, 0.29) is 0 Å². The van der Waals surface area contributed by atoms with Gasteiger partial charge in [0, 0.05) is 0 Å². The Kier molecular flexibility index (Phi) is 2.54. The minimum Gasteiger partial charge on any atom is -0.481 e. The van der Waals surface area contributed by atoms with Crippen LogP contribution in [-0.2, 0) is 9.59 Å². The van der Waals surface area contributed by atoms with Crippen LogP contribution in [0.1, 0.15) is 13.8 Å². The molecule has 4 nitrogen and oxygen atoms in total. The number of hydrogen-bond acceptors (Lipinski definition) is 3. The molecule has 0 aromatic rings. The first-order valence-corrected chi connectivity index (χ1v) is 2.80. The van der Waals surface area contributed by atoms with Crippen molar-refractivity contribution in [1.82, 2.24) is 0 Å². The molecule has 0 aliphatic heterocycles. The van der Waals surface area contributed by atoms with Gasteiger partial charge < -0.3 is 10.2 Å². The van der Waals surface area contributed by atoms with Gasteiger partial charge in [0.15, 0.2) is 5.78 Å². The number of carbonyl (C=O) groups excluding carboxylic acids is 1. The largest absolute Gasteiger partial charge is 0.481 e. The summed E-state index contributed by atoms with van der Waals surface area (Å²) in [7, 11) is 0. The molecule has 0 aliphatic rings. The predicted octanol–water partition coefficient (Wildman–Crippen LogP) is -0.341. The van der Waals surface area contributed by atoms with E-state index in [0.717, 1.165) is 0 Å². The molecule has 0 fully saturated rings. The number of aliphatic hydroxyl groups is 1. The van der Waals surface area contributed by atoms with Crippen LogP contribution in [0.25, 0.3) is 0 Å². The average Bonchev–Trinajstić information content (AvgIpc) is 1.86. The van der Waals surface area contributed by atoms with Crippen molar-refractivity contribution < 1.29 is 19.8 Å². The summed E-state index contributed by atoms with van der Waals surface area (Å²) < 4.78 is 0. The first-order chi connectivity index (χ1) is 4.42. The number of hydrogen-bond donors (Lipinski definition) is 2. The van der Waals surface area contributed by atoms with Crippen molar-refractivity contribution in [3.63, 3.8) is 0 Å². The maximum atomic E-state index is 10.6. The Hall–Kier alpha value is -0.900. The van der Waals surface area contributed by atoms with E-state index >= 15 is 0 Å². The second kappa shape index (κ2) is 2.79. The Bertz CT molecular complexity index is 159. The molecule has 0 atom stereocenters. The molecule has 0 saturated heterocycles. The summed E-state index contributed by atoms with van der Waals surface area (Å²) >= 11 is 0. The van der Waals surface area contributed by atoms with Crippen LogP contribution in [0.15, 0.2) is 0 Å². The molecule has 0 saturated carbocycles. The molecular weight excluding hydrogens is 136 g/mol. The third-order valence-corrected chi connectivity index (χ3v) is 1.38. The summed E-state index contributed by atoms with van der Waals surface area (Å²) in [4.78, 5) is 20.9. The predicted molar refractivity (Wildman–Crippen MR) is 33.5 cm³/mol. The van der Waals surface area contributed by atoms with Crippen LogP contribution in [0, 0.1) is 5.41 Å². The first-order valence-electron chi connectivity index (χ1n) is 2.80. The maximum absolute atomic E-state index is 10.6. The Labute approximate surface area is 58.5 Å². The monoisotopic (exact) mass is 146 g/mol. The number of ketones is 1. The highest BCUT2D eigenvalue weighted by Crippen LogP contribution is 2.15. The van der Waals surface area contributed by atoms with Gasteiger partial charge in [-0.25, -0.2) is 0 Å². The molecule has 2 N–H and O–H groups in total. The van der Waals surface area contributed by atoms with E-state index in [1.807, 2.05) is 0 Å². The molecule has 0 aliphatic carbocycles. The number of aliphatic hydroxyl groups excluding tert-OH is 1. The smallest absolute Gasteiger partial charge is 0.316 e. The lowest BCUT2D eigenvalue weighted by Gasteiger charge is -2.14. The van der Waals surface area contributed by atoms with E-state index in [1.54, 1.807) is 0 Å². The highest BCUT2D eigenvalue weighted by molar-refractivity contribution is 6.02. The molecule has 0 bridgehead atoms. The van der Waals surface area contributed by atoms with E-state index in [0.29, 0.717) is 0 Å². The van der Waals surface area contributed by atoms with Crippen molar-refractivity contribution in [3.8, 4) is 0 Å². The molecule has 10 heavy (non-hydrogen) atoms. The third-order valence-electron chi connectivity index (χ3n) is 1.38. The minimum atomic E-state index is -1.46. The third kappa shape index (κ3) is 1.54. The van der Waals surface area contributed by atoms with Gasteiger partial charge in [0.1, 0.15) is 12.0 Å². The molecule has 0 amide bonds. The number of carboxylic acids is 1. The maximum Gasteiger partial charge on any atom is 0.316 e. The van der Waals surface area contributed by atoms with Crippen molar-refractivity contribution in [1.29, 1.82) is 0 Å². The van der Waals surface area contributed by atoms with E-state index in [4.69, 9.17) is 10.2 Å². The number of carbonyl (C=O) groups is 2. The molecule has 0 rings (SSSR count). The minimum absolute atomic E-state index is 0.681. The molecule has 0 aromatic carbocycles. The van der Waals surface area contributed by atoms with Gasteiger partial charge in [0.2, 0.25) is 0 Å². The Morgan fingerprint density at radius 1 is 1.40 bits per heavy atom. The molecule has 0 radical (unpaired) electrons. The highest BCUT2D eigenvalue weighted by atomic mass is 16.4. The van der Waals surface area contributed by atoms with Gasteiger partial charge in [0.25, 0.3) is 0 Å². The summed E-state index contributed by atoms with van der Waals surface area (Å²) in [5.41, 5.74) is -1.46. The fourth-order valence-electron chi connectivity index (χ4n) is 0.317. The van der Waals surface area contributed by atoms with Crippen molar-refractivity contribution in [3.05, 3.63) is 0 Å². The Morgan fingerprint density at radius 2 is 1.80 bits per heavy atom. The number of aliphatic carboxylic acids is 1. The highest BCUT2D eigenvalue weighted by Gasteiger charge is 2.34. The topological polar surface area (TPSA) is 74.6 Å². The van der Waals surface area contributed by atoms with Gasteiger partial charge in [-0.3, -0.25) is 9.59 Å². The lowest BCUT2D eigenvalue weighted by molar-refractivity contribution is -0.153. The molecule has 0 aromatic heterocycles. The van der Waals surface area contributed by atoms with Crippen LogP contribution in [0.4, 0.5) is 0 Å². The molecule has 0 unspecified atom stereocenters. The summed E-state index contributed by atoms with van der Waals surface area (Å²) in [6.45, 7) is 1.79. The number of carboxylic acid groups (broad SMARTS) is 1. The lowest BCUT2D eigenvalue weighted by atomic mass is 9.89. The van der Waals surface area contributed by atoms with E-state index in [2.05, 4.69) is 0 Å². The SMILES string of the molecule is CC(C)(C(=O)O)C(=O)CO. The first kappa shape index (κ1) is 9.10. The van der Waals surface area contributed by atoms with Crippen molar-refractivity contribution >= 4 is 11.8 Å². The normalized spacial score (nSPS) is 11.1. The van der Waals surface area contributed by atoms with Gasteiger partial charge in [-0.1, -0.05) is 0 Å². The van der Waals surface area contributed by atoms with Crippen LogP contribution in [0.2, 0.25) is 0 Å². The average molecular weight is 146 g/mol. The number of rotatable bonds is 3. The Morgan fingerprint density at radius 3 is 1.90 bits per heavy atom. The number of Topliss-reactive ketones (excluding diaryl/α,β-unsaturated/α-hetero) is 1. The zero-order chi connectivity index (χ0) is 8.36. The summed E-state index contributed by atoms with van der Waals surface area (Å²) in [5, 5.41) is 16.7. The van der Waals surface area contributed by atoms with Crippen molar-refractivity contribution in [2.45, 2.75) is 13.8 Å². The molecular formula is C6H10O4. The fraction of sp³-hybridized carbons (Fsp3) is 0.667.